The minimum absolute atomic E-state index is 0.0382. The van der Waals surface area contributed by atoms with Crippen LogP contribution in [0.15, 0.2) is 12.1 Å². The van der Waals surface area contributed by atoms with Crippen LogP contribution < -0.4 is 4.74 Å². The summed E-state index contributed by atoms with van der Waals surface area (Å²) in [6.45, 7) is 5.97. The number of phenolic OH excluding ortho intramolecular Hbond substituents is 1. The highest BCUT2D eigenvalue weighted by Gasteiger charge is 2.70. The highest BCUT2D eigenvalue weighted by Crippen LogP contribution is 2.62. The summed E-state index contributed by atoms with van der Waals surface area (Å²) in [6.07, 6.45) is 3.36. The van der Waals surface area contributed by atoms with Crippen molar-refractivity contribution in [3.8, 4) is 11.5 Å². The molecule has 140 valence electrons. The van der Waals surface area contributed by atoms with E-state index in [1.54, 1.807) is 6.07 Å². The lowest BCUT2D eigenvalue weighted by Gasteiger charge is -2.59. The number of hydrogen-bond acceptors (Lipinski definition) is 5. The standard InChI is InChI=1S/C21H27NO4/c1-12-3-6-15(23)18-17(12)20-9-10-22(11-14-4-5-14)13(2)21(20,25)8-7-16(24)19(20)26-18/h3,6,13-14,19,23,25H,4-5,7-11H2,1-2H3/t13-,19?,20+,21?/m1/s1. The molecule has 2 aliphatic carbocycles. The first-order chi connectivity index (χ1) is 12.4. The van der Waals surface area contributed by atoms with Crippen LogP contribution in [0.3, 0.4) is 0 Å². The van der Waals surface area contributed by atoms with Crippen molar-refractivity contribution in [1.29, 1.82) is 0 Å². The third kappa shape index (κ3) is 1.91. The normalized spacial score (nSPS) is 39.1. The fourth-order valence-corrected chi connectivity index (χ4v) is 5.90. The minimum atomic E-state index is -1.03. The molecule has 2 aliphatic heterocycles. The maximum atomic E-state index is 12.8. The molecule has 2 N–H and O–H groups in total. The number of fused-ring (bicyclic) bond motifs is 1. The molecule has 0 aromatic heterocycles. The third-order valence-corrected chi connectivity index (χ3v) is 7.51. The van der Waals surface area contributed by atoms with Gasteiger partial charge >= 0.3 is 0 Å². The first-order valence-corrected chi connectivity index (χ1v) is 9.87. The molecule has 2 saturated carbocycles. The van der Waals surface area contributed by atoms with Gasteiger partial charge in [0.05, 0.1) is 11.0 Å². The van der Waals surface area contributed by atoms with E-state index in [1.807, 2.05) is 13.0 Å². The Morgan fingerprint density at radius 1 is 1.31 bits per heavy atom. The van der Waals surface area contributed by atoms with Crippen molar-refractivity contribution in [3.63, 3.8) is 0 Å². The second kappa shape index (κ2) is 5.23. The predicted molar refractivity (Wildman–Crippen MR) is 96.5 cm³/mol. The van der Waals surface area contributed by atoms with E-state index in [0.717, 1.165) is 30.1 Å². The number of phenols is 1. The lowest BCUT2D eigenvalue weighted by atomic mass is 9.52. The number of aliphatic hydroxyl groups is 1. The van der Waals surface area contributed by atoms with Gasteiger partial charge in [0.15, 0.2) is 23.4 Å². The molecular formula is C21H27NO4. The van der Waals surface area contributed by atoms with E-state index in [1.165, 1.54) is 12.8 Å². The van der Waals surface area contributed by atoms with Crippen molar-refractivity contribution >= 4 is 5.78 Å². The number of ketones is 1. The molecule has 0 radical (unpaired) electrons. The lowest BCUT2D eigenvalue weighted by Crippen LogP contribution is -2.74. The Hall–Kier alpha value is -1.59. The third-order valence-electron chi connectivity index (χ3n) is 7.51. The van der Waals surface area contributed by atoms with Gasteiger partial charge in [-0.2, -0.15) is 0 Å². The fourth-order valence-electron chi connectivity index (χ4n) is 5.90. The Morgan fingerprint density at radius 3 is 2.81 bits per heavy atom. The van der Waals surface area contributed by atoms with E-state index < -0.39 is 17.1 Å². The molecule has 4 aliphatic rings. The van der Waals surface area contributed by atoms with Crippen molar-refractivity contribution in [2.75, 3.05) is 13.1 Å². The van der Waals surface area contributed by atoms with Gasteiger partial charge in [-0.3, -0.25) is 9.69 Å². The molecule has 26 heavy (non-hydrogen) atoms. The molecule has 1 aromatic rings. The van der Waals surface area contributed by atoms with Crippen LogP contribution in [0.2, 0.25) is 0 Å². The SMILES string of the molecule is Cc1ccc(O)c2c1[C@]13CCN(CC4CC4)[C@H](C)C1(O)CCC(=O)C3O2. The Balaban J connectivity index is 1.67. The highest BCUT2D eigenvalue weighted by atomic mass is 16.5. The van der Waals surface area contributed by atoms with Gasteiger partial charge < -0.3 is 14.9 Å². The van der Waals surface area contributed by atoms with Crippen molar-refractivity contribution < 1.29 is 19.7 Å². The van der Waals surface area contributed by atoms with Crippen LogP contribution in [-0.4, -0.2) is 51.7 Å². The molecule has 0 amide bonds. The zero-order valence-electron chi connectivity index (χ0n) is 15.5. The summed E-state index contributed by atoms with van der Waals surface area (Å²) in [4.78, 5) is 15.2. The summed E-state index contributed by atoms with van der Waals surface area (Å²) in [7, 11) is 0. The van der Waals surface area contributed by atoms with Crippen molar-refractivity contribution in [2.45, 2.75) is 69.1 Å². The van der Waals surface area contributed by atoms with Crippen LogP contribution in [0.25, 0.3) is 0 Å². The predicted octanol–water partition coefficient (Wildman–Crippen LogP) is 2.30. The largest absolute Gasteiger partial charge is 0.504 e. The van der Waals surface area contributed by atoms with Gasteiger partial charge in [-0.05, 0) is 63.6 Å². The number of aromatic hydroxyl groups is 1. The lowest BCUT2D eigenvalue weighted by molar-refractivity contribution is -0.181. The monoisotopic (exact) mass is 357 g/mol. The Bertz CT molecular complexity index is 788. The number of Topliss-reactive ketones (excluding diaryl/α,β-unsaturated/α-hetero) is 1. The maximum absolute atomic E-state index is 12.8. The zero-order valence-corrected chi connectivity index (χ0v) is 15.5. The van der Waals surface area contributed by atoms with Crippen LogP contribution in [0.5, 0.6) is 11.5 Å². The van der Waals surface area contributed by atoms with Gasteiger partial charge in [0.2, 0.25) is 0 Å². The van der Waals surface area contributed by atoms with E-state index in [0.29, 0.717) is 25.0 Å². The molecular weight excluding hydrogens is 330 g/mol. The molecule has 1 saturated heterocycles. The maximum Gasteiger partial charge on any atom is 0.174 e. The molecule has 1 spiro atoms. The quantitative estimate of drug-likeness (QED) is 0.850. The molecule has 1 aromatic carbocycles. The molecule has 2 heterocycles. The average Bonchev–Trinajstić information content (AvgIpc) is 3.35. The van der Waals surface area contributed by atoms with Gasteiger partial charge in [0.1, 0.15) is 0 Å². The molecule has 5 heteroatoms. The van der Waals surface area contributed by atoms with Gasteiger partial charge in [0.25, 0.3) is 0 Å². The van der Waals surface area contributed by atoms with Crippen LogP contribution in [0, 0.1) is 12.8 Å². The first kappa shape index (κ1) is 16.6. The smallest absolute Gasteiger partial charge is 0.174 e. The number of ether oxygens (including phenoxy) is 1. The number of rotatable bonds is 2. The number of likely N-dealkylation sites (tertiary alicyclic amines) is 1. The van der Waals surface area contributed by atoms with Crippen molar-refractivity contribution in [3.05, 3.63) is 23.3 Å². The number of hydrogen-bond donors (Lipinski definition) is 2. The number of carbonyl (C=O) groups is 1. The van der Waals surface area contributed by atoms with Gasteiger partial charge in [0, 0.05) is 24.6 Å². The second-order valence-electron chi connectivity index (χ2n) is 8.83. The van der Waals surface area contributed by atoms with Gasteiger partial charge in [-0.15, -0.1) is 0 Å². The van der Waals surface area contributed by atoms with Gasteiger partial charge in [-0.25, -0.2) is 0 Å². The summed E-state index contributed by atoms with van der Waals surface area (Å²) >= 11 is 0. The Morgan fingerprint density at radius 2 is 2.08 bits per heavy atom. The summed E-state index contributed by atoms with van der Waals surface area (Å²) in [6, 6.07) is 3.45. The number of carbonyl (C=O) groups excluding carboxylic acids is 1. The van der Waals surface area contributed by atoms with E-state index in [4.69, 9.17) is 4.74 Å². The van der Waals surface area contributed by atoms with Crippen LogP contribution in [-0.2, 0) is 10.2 Å². The van der Waals surface area contributed by atoms with Crippen molar-refractivity contribution in [2.24, 2.45) is 5.92 Å². The number of benzene rings is 1. The van der Waals surface area contributed by atoms with E-state index in [2.05, 4.69) is 11.8 Å². The molecule has 5 rings (SSSR count). The number of nitrogens with zero attached hydrogens (tertiary/aromatic N) is 1. The minimum Gasteiger partial charge on any atom is -0.504 e. The molecule has 4 atom stereocenters. The summed E-state index contributed by atoms with van der Waals surface area (Å²) in [5.74, 6) is 1.28. The topological polar surface area (TPSA) is 70.0 Å². The molecule has 5 nitrogen and oxygen atoms in total. The summed E-state index contributed by atoms with van der Waals surface area (Å²) in [5, 5.41) is 22.4. The van der Waals surface area contributed by atoms with E-state index >= 15 is 0 Å². The van der Waals surface area contributed by atoms with Crippen LogP contribution >= 0.6 is 0 Å². The number of piperidine rings is 1. The van der Waals surface area contributed by atoms with Crippen LogP contribution in [0.1, 0.15) is 50.2 Å². The zero-order chi connectivity index (χ0) is 18.3. The summed E-state index contributed by atoms with van der Waals surface area (Å²) < 4.78 is 6.06. The van der Waals surface area contributed by atoms with Gasteiger partial charge in [-0.1, -0.05) is 6.07 Å². The average molecular weight is 357 g/mol. The number of aryl methyl sites for hydroxylation is 1. The molecule has 0 bridgehead atoms. The Kier molecular flexibility index (Phi) is 3.33. The van der Waals surface area contributed by atoms with Crippen molar-refractivity contribution in [1.82, 2.24) is 4.90 Å². The molecule has 3 fully saturated rings. The fraction of sp³-hybridized carbons (Fsp3) is 0.667. The van der Waals surface area contributed by atoms with E-state index in [9.17, 15) is 15.0 Å². The summed E-state index contributed by atoms with van der Waals surface area (Å²) in [5.41, 5.74) is 0.0647. The first-order valence-electron chi connectivity index (χ1n) is 9.87. The molecule has 2 unspecified atom stereocenters. The van der Waals surface area contributed by atoms with Crippen LogP contribution in [0.4, 0.5) is 0 Å². The second-order valence-corrected chi connectivity index (χ2v) is 8.83. The van der Waals surface area contributed by atoms with E-state index in [-0.39, 0.29) is 17.6 Å². The Labute approximate surface area is 154 Å². The highest BCUT2D eigenvalue weighted by molar-refractivity contribution is 5.89.